The first-order valence-corrected chi connectivity index (χ1v) is 13.0. The monoisotopic (exact) mass is 580 g/mol. The van der Waals surface area contributed by atoms with Gasteiger partial charge in [-0.2, -0.15) is 26.3 Å². The van der Waals surface area contributed by atoms with E-state index in [-0.39, 0.29) is 41.6 Å². The molecule has 1 aliphatic rings. The number of carbonyl (C=O) groups is 1. The summed E-state index contributed by atoms with van der Waals surface area (Å²) in [4.78, 5) is 18.4. The molecule has 0 bridgehead atoms. The second-order valence-electron chi connectivity index (χ2n) is 10.1. The van der Waals surface area contributed by atoms with Crippen LogP contribution in [0, 0.1) is 19.8 Å². The highest BCUT2D eigenvalue weighted by atomic mass is 35.5. The predicted octanol–water partition coefficient (Wildman–Crippen LogP) is 8.67. The van der Waals surface area contributed by atoms with E-state index in [0.29, 0.717) is 34.7 Å². The van der Waals surface area contributed by atoms with Crippen molar-refractivity contribution in [2.75, 3.05) is 0 Å². The lowest BCUT2D eigenvalue weighted by Gasteiger charge is -2.25. The van der Waals surface area contributed by atoms with E-state index in [2.05, 4.69) is 4.98 Å². The van der Waals surface area contributed by atoms with Crippen LogP contribution in [0.4, 0.5) is 26.3 Å². The molecule has 3 aromatic rings. The smallest absolute Gasteiger partial charge is 0.332 e. The molecule has 0 spiro atoms. The average molecular weight is 581 g/mol. The maximum atomic E-state index is 14.1. The lowest BCUT2D eigenvalue weighted by molar-refractivity contribution is -0.140. The van der Waals surface area contributed by atoms with Gasteiger partial charge in [-0.1, -0.05) is 54.1 Å². The van der Waals surface area contributed by atoms with E-state index in [0.717, 1.165) is 18.2 Å². The molecule has 1 saturated carbocycles. The Hall–Kier alpha value is -3.33. The fourth-order valence-corrected chi connectivity index (χ4v) is 4.68. The molecule has 3 nitrogen and oxygen atoms in total. The Morgan fingerprint density at radius 3 is 2.25 bits per heavy atom. The minimum atomic E-state index is -4.79. The summed E-state index contributed by atoms with van der Waals surface area (Å²) in [5, 5.41) is 0.358. The first-order chi connectivity index (χ1) is 18.7. The summed E-state index contributed by atoms with van der Waals surface area (Å²) >= 11 is 6.10. The molecule has 1 amide bonds. The van der Waals surface area contributed by atoms with E-state index in [1.165, 1.54) is 35.4 Å². The number of allylic oxidation sites excluding steroid dienone is 1. The molecule has 0 aliphatic heterocycles. The van der Waals surface area contributed by atoms with Crippen molar-refractivity contribution in [2.45, 2.75) is 58.0 Å². The van der Waals surface area contributed by atoms with Crippen LogP contribution in [0.1, 0.15) is 57.8 Å². The number of aryl methyl sites for hydroxylation is 2. The van der Waals surface area contributed by atoms with Crippen molar-refractivity contribution in [2.24, 2.45) is 5.92 Å². The molecule has 1 unspecified atom stereocenters. The Labute approximate surface area is 233 Å². The van der Waals surface area contributed by atoms with Crippen molar-refractivity contribution in [3.63, 3.8) is 0 Å². The minimum Gasteiger partial charge on any atom is -0.332 e. The Kier molecular flexibility index (Phi) is 8.63. The molecule has 1 aromatic heterocycles. The number of amides is 1. The molecule has 1 aliphatic carbocycles. The summed E-state index contributed by atoms with van der Waals surface area (Å²) in [7, 11) is 0. The highest BCUT2D eigenvalue weighted by Crippen LogP contribution is 2.40. The van der Waals surface area contributed by atoms with Gasteiger partial charge in [0, 0.05) is 23.7 Å². The number of pyridine rings is 1. The molecular weight excluding hydrogens is 554 g/mol. The van der Waals surface area contributed by atoms with Gasteiger partial charge in [0.05, 0.1) is 23.7 Å². The third-order valence-corrected chi connectivity index (χ3v) is 7.37. The highest BCUT2D eigenvalue weighted by molar-refractivity contribution is 6.32. The lowest BCUT2D eigenvalue weighted by Crippen LogP contribution is -2.32. The normalized spacial score (nSPS) is 14.9. The number of hydrogen-bond donors (Lipinski definition) is 0. The van der Waals surface area contributed by atoms with E-state index in [1.54, 1.807) is 32.0 Å². The molecule has 212 valence electrons. The van der Waals surface area contributed by atoms with E-state index >= 15 is 0 Å². The van der Waals surface area contributed by atoms with Crippen LogP contribution in [-0.2, 0) is 24.1 Å². The van der Waals surface area contributed by atoms with Crippen molar-refractivity contribution in [1.82, 2.24) is 9.88 Å². The fourth-order valence-electron chi connectivity index (χ4n) is 4.57. The minimum absolute atomic E-state index is 0.0440. The van der Waals surface area contributed by atoms with Crippen molar-refractivity contribution < 1.29 is 31.1 Å². The van der Waals surface area contributed by atoms with Crippen LogP contribution in [0.3, 0.4) is 0 Å². The zero-order chi connectivity index (χ0) is 29.2. The lowest BCUT2D eigenvalue weighted by atomic mass is 9.93. The van der Waals surface area contributed by atoms with Crippen LogP contribution < -0.4 is 0 Å². The van der Waals surface area contributed by atoms with Gasteiger partial charge in [0.1, 0.15) is 0 Å². The first kappa shape index (κ1) is 29.6. The Morgan fingerprint density at radius 1 is 1.02 bits per heavy atom. The summed E-state index contributed by atoms with van der Waals surface area (Å²) in [5.41, 5.74) is 0.225. The average Bonchev–Trinajstić information content (AvgIpc) is 3.72. The van der Waals surface area contributed by atoms with Gasteiger partial charge in [-0.05, 0) is 72.7 Å². The number of aromatic nitrogens is 1. The summed E-state index contributed by atoms with van der Waals surface area (Å²) < 4.78 is 84.3. The number of alkyl halides is 6. The largest absolute Gasteiger partial charge is 0.416 e. The SMILES string of the molecule is Cc1cc(C(/C=C/c2ccc(CN(Cc3ccccn3)C(=O)C3CC3)c(C(F)(F)F)c2)C(F)(F)F)cc(C)c1Cl. The molecular formula is C30H27ClF6N2O. The number of halogens is 7. The van der Waals surface area contributed by atoms with Gasteiger partial charge in [-0.25, -0.2) is 0 Å². The maximum Gasteiger partial charge on any atom is 0.416 e. The summed E-state index contributed by atoms with van der Waals surface area (Å²) in [6.45, 7) is 2.92. The topological polar surface area (TPSA) is 33.2 Å². The van der Waals surface area contributed by atoms with Crippen LogP contribution in [0.25, 0.3) is 6.08 Å². The van der Waals surface area contributed by atoms with Gasteiger partial charge in [0.25, 0.3) is 0 Å². The number of nitrogens with zero attached hydrogens (tertiary/aromatic N) is 2. The van der Waals surface area contributed by atoms with Gasteiger partial charge < -0.3 is 4.90 Å². The Morgan fingerprint density at radius 2 is 1.70 bits per heavy atom. The third-order valence-electron chi connectivity index (χ3n) is 6.77. The van der Waals surface area contributed by atoms with Crippen LogP contribution in [0.5, 0.6) is 0 Å². The van der Waals surface area contributed by atoms with Gasteiger partial charge in [-0.15, -0.1) is 0 Å². The molecule has 1 fully saturated rings. The number of rotatable bonds is 8. The maximum absolute atomic E-state index is 14.1. The zero-order valence-electron chi connectivity index (χ0n) is 21.8. The number of benzene rings is 2. The second-order valence-corrected chi connectivity index (χ2v) is 10.4. The van der Waals surface area contributed by atoms with Crippen molar-refractivity contribution in [1.29, 1.82) is 0 Å². The van der Waals surface area contributed by atoms with Gasteiger partial charge >= 0.3 is 12.4 Å². The highest BCUT2D eigenvalue weighted by Gasteiger charge is 2.40. The van der Waals surface area contributed by atoms with E-state index in [4.69, 9.17) is 11.6 Å². The van der Waals surface area contributed by atoms with E-state index in [9.17, 15) is 31.1 Å². The molecule has 40 heavy (non-hydrogen) atoms. The molecule has 0 saturated heterocycles. The summed E-state index contributed by atoms with van der Waals surface area (Å²) in [6, 6.07) is 11.1. The zero-order valence-corrected chi connectivity index (χ0v) is 22.5. The molecule has 1 heterocycles. The quantitative estimate of drug-likeness (QED) is 0.250. The second kappa shape index (κ2) is 11.6. The van der Waals surface area contributed by atoms with E-state index in [1.807, 2.05) is 0 Å². The predicted molar refractivity (Wildman–Crippen MR) is 141 cm³/mol. The van der Waals surface area contributed by atoms with Crippen LogP contribution in [-0.4, -0.2) is 22.0 Å². The summed E-state index contributed by atoms with van der Waals surface area (Å²) in [6.07, 6.45) is -4.67. The Bertz CT molecular complexity index is 1370. The third kappa shape index (κ3) is 7.24. The number of carbonyl (C=O) groups excluding carboxylic acids is 1. The summed E-state index contributed by atoms with van der Waals surface area (Å²) in [5.74, 6) is -2.51. The van der Waals surface area contributed by atoms with Crippen molar-refractivity contribution in [3.05, 3.63) is 105 Å². The Balaban J connectivity index is 1.66. The van der Waals surface area contributed by atoms with Crippen LogP contribution >= 0.6 is 11.6 Å². The van der Waals surface area contributed by atoms with Crippen LogP contribution in [0.15, 0.2) is 60.8 Å². The molecule has 0 radical (unpaired) electrons. The molecule has 4 rings (SSSR count). The standard InChI is InChI=1S/C30H27ClF6N2O/c1-18-13-23(14-19(2)27(18)31)25(29(32,33)34)11-7-20-6-8-22(26(15-20)30(35,36)37)16-39(28(40)21-9-10-21)17-24-5-3-4-12-38-24/h3-8,11-15,21,25H,9-10,16-17H2,1-2H3/b11-7+. The molecule has 10 heteroatoms. The van der Waals surface area contributed by atoms with Crippen molar-refractivity contribution in [3.8, 4) is 0 Å². The molecule has 1 atom stereocenters. The number of hydrogen-bond acceptors (Lipinski definition) is 2. The van der Waals surface area contributed by atoms with Gasteiger partial charge in [0.15, 0.2) is 0 Å². The van der Waals surface area contributed by atoms with Gasteiger partial charge in [-0.3, -0.25) is 9.78 Å². The van der Waals surface area contributed by atoms with E-state index < -0.39 is 23.8 Å². The first-order valence-electron chi connectivity index (χ1n) is 12.6. The van der Waals surface area contributed by atoms with Crippen molar-refractivity contribution >= 4 is 23.6 Å². The van der Waals surface area contributed by atoms with Crippen LogP contribution in [0.2, 0.25) is 5.02 Å². The fraction of sp³-hybridized carbons (Fsp3) is 0.333. The molecule has 2 aromatic carbocycles. The molecule has 0 N–H and O–H groups in total. The van der Waals surface area contributed by atoms with Gasteiger partial charge in [0.2, 0.25) is 5.91 Å².